The number of aliphatic hydroxyl groups excluding tert-OH is 1. The summed E-state index contributed by atoms with van der Waals surface area (Å²) in [4.78, 5) is 16.7. The maximum Gasteiger partial charge on any atom is 0.279 e. The number of nitrogens with one attached hydrogen (secondary N) is 1. The lowest BCUT2D eigenvalue weighted by atomic mass is 9.58. The molecular formula is C26H29N5O2. The Kier molecular flexibility index (Phi) is 4.43. The standard InChI is InChI=1S/C26H29N5O2/c1-15-10-26(11-15,25-29-28-14-30(25)3)18-5-4-6-19(9-18)31-13-21(17-7-8-17)22-20(16(2)32)12-27-23(22)24(31)33/h4-6,9,12-17,27,32H,7-8,10-11H2,1-3H3. The second kappa shape index (κ2) is 7.15. The minimum Gasteiger partial charge on any atom is -0.389 e. The fourth-order valence-electron chi connectivity index (χ4n) is 5.87. The molecule has 2 aliphatic rings. The van der Waals surface area contributed by atoms with Crippen molar-refractivity contribution in [2.24, 2.45) is 13.0 Å². The molecule has 0 aliphatic heterocycles. The van der Waals surface area contributed by atoms with Crippen LogP contribution in [-0.2, 0) is 12.5 Å². The molecule has 7 heteroatoms. The van der Waals surface area contributed by atoms with Gasteiger partial charge in [0.05, 0.1) is 11.5 Å². The second-order valence-corrected chi connectivity index (χ2v) is 10.1. The number of aliphatic hydroxyl groups is 1. The van der Waals surface area contributed by atoms with E-state index in [0.717, 1.165) is 53.7 Å². The summed E-state index contributed by atoms with van der Waals surface area (Å²) in [6.07, 6.45) is 9.17. The van der Waals surface area contributed by atoms with E-state index in [0.29, 0.717) is 17.4 Å². The highest BCUT2D eigenvalue weighted by molar-refractivity contribution is 5.87. The summed E-state index contributed by atoms with van der Waals surface area (Å²) in [5, 5.41) is 19.8. The van der Waals surface area contributed by atoms with Crippen LogP contribution in [0.3, 0.4) is 0 Å². The number of hydrogen-bond donors (Lipinski definition) is 2. The largest absolute Gasteiger partial charge is 0.389 e. The molecule has 33 heavy (non-hydrogen) atoms. The maximum atomic E-state index is 13.6. The van der Waals surface area contributed by atoms with Crippen LogP contribution >= 0.6 is 0 Å². The monoisotopic (exact) mass is 443 g/mol. The molecule has 0 amide bonds. The highest BCUT2D eigenvalue weighted by Gasteiger charge is 2.48. The first-order valence-corrected chi connectivity index (χ1v) is 11.8. The van der Waals surface area contributed by atoms with Crippen LogP contribution in [0.15, 0.2) is 47.8 Å². The Morgan fingerprint density at radius 2 is 2.06 bits per heavy atom. The molecule has 6 rings (SSSR count). The fourth-order valence-corrected chi connectivity index (χ4v) is 5.87. The predicted molar refractivity (Wildman–Crippen MR) is 127 cm³/mol. The van der Waals surface area contributed by atoms with Gasteiger partial charge in [0, 0.05) is 36.1 Å². The highest BCUT2D eigenvalue weighted by atomic mass is 16.3. The molecule has 2 aliphatic carbocycles. The molecule has 2 saturated carbocycles. The average Bonchev–Trinajstić information content (AvgIpc) is 3.36. The van der Waals surface area contributed by atoms with E-state index in [4.69, 9.17) is 0 Å². The normalized spacial score (nSPS) is 23.6. The summed E-state index contributed by atoms with van der Waals surface area (Å²) in [6, 6.07) is 8.33. The molecule has 2 fully saturated rings. The Hall–Kier alpha value is -3.19. The van der Waals surface area contributed by atoms with Crippen molar-refractivity contribution in [3.63, 3.8) is 0 Å². The van der Waals surface area contributed by atoms with E-state index in [9.17, 15) is 9.90 Å². The molecule has 1 unspecified atom stereocenters. The van der Waals surface area contributed by atoms with Gasteiger partial charge in [-0.3, -0.25) is 9.36 Å². The number of benzene rings is 1. The fraction of sp³-hybridized carbons (Fsp3) is 0.423. The number of aryl methyl sites for hydroxylation is 1. The lowest BCUT2D eigenvalue weighted by Crippen LogP contribution is -2.43. The van der Waals surface area contributed by atoms with Crippen LogP contribution in [0.2, 0.25) is 0 Å². The molecule has 3 aromatic heterocycles. The third kappa shape index (κ3) is 3.02. The second-order valence-electron chi connectivity index (χ2n) is 10.1. The van der Waals surface area contributed by atoms with E-state index in [1.54, 1.807) is 24.0 Å². The van der Waals surface area contributed by atoms with E-state index in [2.05, 4.69) is 34.2 Å². The van der Waals surface area contributed by atoms with Crippen LogP contribution in [0, 0.1) is 5.92 Å². The molecule has 7 nitrogen and oxygen atoms in total. The van der Waals surface area contributed by atoms with Gasteiger partial charge in [0.25, 0.3) is 5.56 Å². The SMILES string of the molecule is CC1CC(c2cccc(-n3cc(C4CC4)c4c(C(C)O)c[nH]c4c3=O)c2)(c2nncn2C)C1. The molecule has 0 spiro atoms. The number of aromatic nitrogens is 5. The molecule has 0 saturated heterocycles. The van der Waals surface area contributed by atoms with Gasteiger partial charge < -0.3 is 14.7 Å². The van der Waals surface area contributed by atoms with Gasteiger partial charge in [0.2, 0.25) is 0 Å². The number of hydrogen-bond acceptors (Lipinski definition) is 4. The van der Waals surface area contributed by atoms with Crippen LogP contribution in [-0.4, -0.2) is 29.4 Å². The Balaban J connectivity index is 1.53. The molecular weight excluding hydrogens is 414 g/mol. The van der Waals surface area contributed by atoms with E-state index in [-0.39, 0.29) is 11.0 Å². The number of nitrogens with zero attached hydrogens (tertiary/aromatic N) is 4. The van der Waals surface area contributed by atoms with Gasteiger partial charge in [-0.2, -0.15) is 0 Å². The Morgan fingerprint density at radius 1 is 1.27 bits per heavy atom. The highest BCUT2D eigenvalue weighted by Crippen LogP contribution is 2.51. The van der Waals surface area contributed by atoms with Gasteiger partial charge in [-0.15, -0.1) is 10.2 Å². The Bertz CT molecular complexity index is 1420. The molecule has 0 bridgehead atoms. The summed E-state index contributed by atoms with van der Waals surface area (Å²) in [5.41, 5.74) is 4.27. The maximum absolute atomic E-state index is 13.6. The van der Waals surface area contributed by atoms with Crippen molar-refractivity contribution in [2.75, 3.05) is 0 Å². The van der Waals surface area contributed by atoms with Gasteiger partial charge in [-0.05, 0) is 67.7 Å². The van der Waals surface area contributed by atoms with Gasteiger partial charge in [-0.25, -0.2) is 0 Å². The number of fused-ring (bicyclic) bond motifs is 1. The summed E-state index contributed by atoms with van der Waals surface area (Å²) in [6.45, 7) is 4.02. The molecule has 0 radical (unpaired) electrons. The first-order valence-electron chi connectivity index (χ1n) is 11.8. The predicted octanol–water partition coefficient (Wildman–Crippen LogP) is 4.09. The van der Waals surface area contributed by atoms with Crippen LogP contribution in [0.25, 0.3) is 16.6 Å². The van der Waals surface area contributed by atoms with Crippen LogP contribution in [0.1, 0.15) is 74.1 Å². The topological polar surface area (TPSA) is 88.7 Å². The first-order chi connectivity index (χ1) is 15.9. The van der Waals surface area contributed by atoms with Crippen molar-refractivity contribution in [3.8, 4) is 5.69 Å². The number of aromatic amines is 1. The van der Waals surface area contributed by atoms with Gasteiger partial charge >= 0.3 is 0 Å². The van der Waals surface area contributed by atoms with Crippen molar-refractivity contribution in [1.82, 2.24) is 24.3 Å². The van der Waals surface area contributed by atoms with Crippen LogP contribution < -0.4 is 5.56 Å². The third-order valence-corrected chi connectivity index (χ3v) is 7.58. The van der Waals surface area contributed by atoms with Gasteiger partial charge in [0.15, 0.2) is 0 Å². The smallest absolute Gasteiger partial charge is 0.279 e. The first kappa shape index (κ1) is 20.4. The third-order valence-electron chi connectivity index (χ3n) is 7.58. The van der Waals surface area contributed by atoms with Crippen LogP contribution in [0.5, 0.6) is 0 Å². The summed E-state index contributed by atoms with van der Waals surface area (Å²) >= 11 is 0. The van der Waals surface area contributed by atoms with E-state index in [1.807, 2.05) is 29.9 Å². The molecule has 1 atom stereocenters. The van der Waals surface area contributed by atoms with E-state index < -0.39 is 6.10 Å². The lowest BCUT2D eigenvalue weighted by molar-refractivity contribution is 0.185. The van der Waals surface area contributed by atoms with Crippen molar-refractivity contribution in [2.45, 2.75) is 57.0 Å². The van der Waals surface area contributed by atoms with Crippen molar-refractivity contribution in [1.29, 1.82) is 0 Å². The summed E-state index contributed by atoms with van der Waals surface area (Å²) < 4.78 is 3.78. The Labute approximate surface area is 192 Å². The minimum atomic E-state index is -0.623. The van der Waals surface area contributed by atoms with Gasteiger partial charge in [0.1, 0.15) is 17.7 Å². The number of pyridine rings is 1. The van der Waals surface area contributed by atoms with Gasteiger partial charge in [-0.1, -0.05) is 19.1 Å². The minimum absolute atomic E-state index is 0.0897. The molecule has 1 aromatic carbocycles. The zero-order valence-corrected chi connectivity index (χ0v) is 19.2. The zero-order chi connectivity index (χ0) is 22.9. The van der Waals surface area contributed by atoms with Crippen molar-refractivity contribution in [3.05, 3.63) is 75.9 Å². The average molecular weight is 444 g/mol. The molecule has 170 valence electrons. The summed E-state index contributed by atoms with van der Waals surface area (Å²) in [7, 11) is 2.00. The quantitative estimate of drug-likeness (QED) is 0.486. The molecule has 4 aromatic rings. The van der Waals surface area contributed by atoms with Crippen molar-refractivity contribution >= 4 is 10.9 Å². The van der Waals surface area contributed by atoms with Crippen LogP contribution in [0.4, 0.5) is 0 Å². The molecule has 2 N–H and O–H groups in total. The van der Waals surface area contributed by atoms with Crippen molar-refractivity contribution < 1.29 is 5.11 Å². The molecule has 3 heterocycles. The van der Waals surface area contributed by atoms with E-state index >= 15 is 0 Å². The lowest BCUT2D eigenvalue weighted by Gasteiger charge is -2.46. The summed E-state index contributed by atoms with van der Waals surface area (Å²) in [5.74, 6) is 2.03. The van der Waals surface area contributed by atoms with E-state index in [1.165, 1.54) is 5.56 Å². The number of H-pyrrole nitrogens is 1. The number of rotatable bonds is 5. The zero-order valence-electron chi connectivity index (χ0n) is 19.2. The Morgan fingerprint density at radius 3 is 2.70 bits per heavy atom.